The molecule has 2 fully saturated rings. The molecule has 1 amide bonds. The molecule has 0 spiro atoms. The predicted octanol–water partition coefficient (Wildman–Crippen LogP) is 0.982. The molecule has 0 aromatic carbocycles. The molecule has 0 heterocycles. The Hall–Kier alpha value is -0.830. The third-order valence-electron chi connectivity index (χ3n) is 4.34. The van der Waals surface area contributed by atoms with Crippen LogP contribution in [-0.4, -0.2) is 22.7 Å². The van der Waals surface area contributed by atoms with Crippen molar-refractivity contribution in [3.63, 3.8) is 0 Å². The minimum absolute atomic E-state index is 0.0187. The molecule has 0 radical (unpaired) electrons. The van der Waals surface area contributed by atoms with Crippen LogP contribution < -0.4 is 5.32 Å². The number of aliphatic hydroxyl groups is 1. The zero-order chi connectivity index (χ0) is 10.6. The fraction of sp³-hybridized carbons (Fsp3) is 0.750. The van der Waals surface area contributed by atoms with Crippen molar-refractivity contribution in [1.29, 1.82) is 0 Å². The molecule has 3 rings (SSSR count). The summed E-state index contributed by atoms with van der Waals surface area (Å²) in [4.78, 5) is 11.2. The van der Waals surface area contributed by atoms with Crippen LogP contribution in [0.5, 0.6) is 0 Å². The molecule has 3 aliphatic rings. The Labute approximate surface area is 89.6 Å². The van der Waals surface area contributed by atoms with Crippen LogP contribution in [0.2, 0.25) is 0 Å². The van der Waals surface area contributed by atoms with Crippen molar-refractivity contribution < 1.29 is 9.90 Å². The first-order valence-corrected chi connectivity index (χ1v) is 5.76. The number of rotatable bonds is 1. The lowest BCUT2D eigenvalue weighted by Crippen LogP contribution is -2.47. The lowest BCUT2D eigenvalue weighted by Gasteiger charge is -2.34. The Morgan fingerprint density at radius 3 is 3.13 bits per heavy atom. The molecule has 4 unspecified atom stereocenters. The highest BCUT2D eigenvalue weighted by atomic mass is 16.3. The molecule has 2 saturated carbocycles. The number of carbonyl (C=O) groups is 1. The second kappa shape index (κ2) is 2.85. The van der Waals surface area contributed by atoms with Gasteiger partial charge in [0.25, 0.3) is 0 Å². The molecule has 3 heteroatoms. The van der Waals surface area contributed by atoms with E-state index in [0.717, 1.165) is 25.7 Å². The summed E-state index contributed by atoms with van der Waals surface area (Å²) in [5.41, 5.74) is 1.27. The minimum atomic E-state index is -0.198. The van der Waals surface area contributed by atoms with Crippen LogP contribution in [0.4, 0.5) is 0 Å². The highest BCUT2D eigenvalue weighted by Crippen LogP contribution is 2.55. The lowest BCUT2D eigenvalue weighted by molar-refractivity contribution is -0.120. The smallest absolute Gasteiger partial charge is 0.217 e. The fourth-order valence-corrected chi connectivity index (χ4v) is 3.92. The van der Waals surface area contributed by atoms with Gasteiger partial charge in [0, 0.05) is 12.5 Å². The molecular formula is C12H17NO2. The summed E-state index contributed by atoms with van der Waals surface area (Å²) in [5.74, 6) is 1.22. The van der Waals surface area contributed by atoms with Gasteiger partial charge >= 0.3 is 0 Å². The summed E-state index contributed by atoms with van der Waals surface area (Å²) in [5, 5.41) is 13.0. The fourth-order valence-electron chi connectivity index (χ4n) is 3.92. The molecule has 2 N–H and O–H groups in total. The van der Waals surface area contributed by atoms with E-state index in [4.69, 9.17) is 0 Å². The monoisotopic (exact) mass is 207 g/mol. The van der Waals surface area contributed by atoms with Gasteiger partial charge in [-0.3, -0.25) is 4.79 Å². The first kappa shape index (κ1) is 9.40. The molecule has 0 aliphatic heterocycles. The average Bonchev–Trinajstić information content (AvgIpc) is 2.52. The zero-order valence-corrected chi connectivity index (χ0v) is 8.99. The lowest BCUT2D eigenvalue weighted by atomic mass is 9.82. The maximum absolute atomic E-state index is 11.2. The summed E-state index contributed by atoms with van der Waals surface area (Å²) in [6.07, 6.45) is 5.87. The van der Waals surface area contributed by atoms with Crippen molar-refractivity contribution in [2.75, 3.05) is 0 Å². The second-order valence-electron chi connectivity index (χ2n) is 5.40. The summed E-state index contributed by atoms with van der Waals surface area (Å²) in [6.45, 7) is 1.59. The summed E-state index contributed by atoms with van der Waals surface area (Å²) in [6, 6.07) is 0. The number of nitrogens with one attached hydrogen (secondary N) is 1. The minimum Gasteiger partial charge on any atom is -0.389 e. The summed E-state index contributed by atoms with van der Waals surface area (Å²) < 4.78 is 0. The van der Waals surface area contributed by atoms with Crippen molar-refractivity contribution in [2.24, 2.45) is 11.8 Å². The van der Waals surface area contributed by atoms with E-state index in [2.05, 4.69) is 11.4 Å². The summed E-state index contributed by atoms with van der Waals surface area (Å²) >= 11 is 0. The first-order chi connectivity index (χ1) is 7.10. The number of amides is 1. The van der Waals surface area contributed by atoms with E-state index in [9.17, 15) is 9.90 Å². The Bertz CT molecular complexity index is 350. The first-order valence-electron chi connectivity index (χ1n) is 5.76. The van der Waals surface area contributed by atoms with Crippen LogP contribution in [0.15, 0.2) is 11.6 Å². The van der Waals surface area contributed by atoms with Gasteiger partial charge in [-0.05, 0) is 43.1 Å². The van der Waals surface area contributed by atoms with E-state index < -0.39 is 0 Å². The van der Waals surface area contributed by atoms with E-state index in [1.807, 2.05) is 0 Å². The molecule has 3 aliphatic carbocycles. The van der Waals surface area contributed by atoms with Crippen molar-refractivity contribution >= 4 is 5.91 Å². The molecule has 0 saturated heterocycles. The van der Waals surface area contributed by atoms with Gasteiger partial charge < -0.3 is 10.4 Å². The van der Waals surface area contributed by atoms with Gasteiger partial charge in [0.15, 0.2) is 0 Å². The van der Waals surface area contributed by atoms with E-state index >= 15 is 0 Å². The topological polar surface area (TPSA) is 49.3 Å². The standard InChI is InChI=1S/C12H17NO2/c1-7(14)13-12-3-2-9-10(6-12)8(5-12)4-11(9)15/h2,8,10-11,15H,3-6H2,1H3,(H,13,14). The van der Waals surface area contributed by atoms with Gasteiger partial charge in [0.05, 0.1) is 6.10 Å². The Morgan fingerprint density at radius 2 is 2.40 bits per heavy atom. The molecular weight excluding hydrogens is 190 g/mol. The van der Waals surface area contributed by atoms with E-state index in [1.165, 1.54) is 5.57 Å². The summed E-state index contributed by atoms with van der Waals surface area (Å²) in [7, 11) is 0. The molecule has 4 atom stereocenters. The molecule has 2 bridgehead atoms. The third kappa shape index (κ3) is 1.26. The third-order valence-corrected chi connectivity index (χ3v) is 4.34. The van der Waals surface area contributed by atoms with E-state index in [0.29, 0.717) is 11.8 Å². The van der Waals surface area contributed by atoms with Crippen molar-refractivity contribution in [3.05, 3.63) is 11.6 Å². The number of aliphatic hydroxyl groups excluding tert-OH is 1. The SMILES string of the molecule is CC(=O)NC12CC=C3C(O)CC(C1)C3C2. The van der Waals surface area contributed by atoms with Crippen LogP contribution in [0.3, 0.4) is 0 Å². The van der Waals surface area contributed by atoms with Gasteiger partial charge in [-0.1, -0.05) is 6.08 Å². The van der Waals surface area contributed by atoms with E-state index in [-0.39, 0.29) is 17.6 Å². The molecule has 3 nitrogen and oxygen atoms in total. The zero-order valence-electron chi connectivity index (χ0n) is 8.99. The van der Waals surface area contributed by atoms with Gasteiger partial charge in [0.1, 0.15) is 0 Å². The Morgan fingerprint density at radius 1 is 1.60 bits per heavy atom. The van der Waals surface area contributed by atoms with Crippen molar-refractivity contribution in [2.45, 2.75) is 44.2 Å². The maximum atomic E-state index is 11.2. The Balaban J connectivity index is 1.90. The van der Waals surface area contributed by atoms with E-state index in [1.54, 1.807) is 6.92 Å². The largest absolute Gasteiger partial charge is 0.389 e. The molecule has 0 aromatic heterocycles. The number of fused-ring (bicyclic) bond motifs is 1. The van der Waals surface area contributed by atoms with Crippen molar-refractivity contribution in [1.82, 2.24) is 5.32 Å². The van der Waals surface area contributed by atoms with Crippen molar-refractivity contribution in [3.8, 4) is 0 Å². The molecule has 82 valence electrons. The van der Waals surface area contributed by atoms with Crippen LogP contribution in [-0.2, 0) is 4.79 Å². The van der Waals surface area contributed by atoms with Gasteiger partial charge in [-0.25, -0.2) is 0 Å². The van der Waals surface area contributed by atoms with Gasteiger partial charge in [0.2, 0.25) is 5.91 Å². The van der Waals surface area contributed by atoms with Gasteiger partial charge in [-0.2, -0.15) is 0 Å². The van der Waals surface area contributed by atoms with Gasteiger partial charge in [-0.15, -0.1) is 0 Å². The quantitative estimate of drug-likeness (QED) is 0.630. The number of hydrogen-bond acceptors (Lipinski definition) is 2. The number of carbonyl (C=O) groups excluding carboxylic acids is 1. The highest BCUT2D eigenvalue weighted by molar-refractivity contribution is 5.74. The average molecular weight is 207 g/mol. The highest BCUT2D eigenvalue weighted by Gasteiger charge is 2.53. The Kier molecular flexibility index (Phi) is 1.78. The molecule has 0 aromatic rings. The number of hydrogen-bond donors (Lipinski definition) is 2. The van der Waals surface area contributed by atoms with Crippen LogP contribution in [0, 0.1) is 11.8 Å². The normalized spacial score (nSPS) is 46.5. The van der Waals surface area contributed by atoms with Crippen LogP contribution in [0.1, 0.15) is 32.6 Å². The molecule has 15 heavy (non-hydrogen) atoms. The predicted molar refractivity (Wildman–Crippen MR) is 56.1 cm³/mol. The maximum Gasteiger partial charge on any atom is 0.217 e. The van der Waals surface area contributed by atoms with Crippen LogP contribution >= 0.6 is 0 Å². The second-order valence-corrected chi connectivity index (χ2v) is 5.40. The van der Waals surface area contributed by atoms with Crippen LogP contribution in [0.25, 0.3) is 0 Å².